The molecule has 3 N–H and O–H groups in total. The van der Waals surface area contributed by atoms with Crippen molar-refractivity contribution in [2.75, 3.05) is 0 Å². The number of hydrogen-bond donors (Lipinski definition) is 2. The van der Waals surface area contributed by atoms with E-state index in [9.17, 15) is 0 Å². The van der Waals surface area contributed by atoms with Gasteiger partial charge in [0.1, 0.15) is 0 Å². The quantitative estimate of drug-likeness (QED) is 0.345. The third-order valence-electron chi connectivity index (χ3n) is 2.71. The normalized spacial score (nSPS) is 12.4. The number of halogens is 1. The Morgan fingerprint density at radius 1 is 1.56 bits per heavy atom. The Balaban J connectivity index is 2.74. The van der Waals surface area contributed by atoms with E-state index in [-0.39, 0.29) is 6.04 Å². The van der Waals surface area contributed by atoms with Crippen LogP contribution in [0.3, 0.4) is 0 Å². The molecule has 1 atom stereocenters. The highest BCUT2D eigenvalue weighted by Crippen LogP contribution is 2.24. The molecule has 2 nitrogen and oxygen atoms in total. The highest BCUT2D eigenvalue weighted by Gasteiger charge is 2.11. The predicted molar refractivity (Wildman–Crippen MR) is 70.3 cm³/mol. The number of allylic oxidation sites excluding steroid dienone is 1. The Hall–Kier alpha value is -0.830. The monoisotopic (exact) mass is 238 g/mol. The number of aryl methyl sites for hydroxylation is 1. The van der Waals surface area contributed by atoms with E-state index in [0.717, 1.165) is 24.3 Å². The summed E-state index contributed by atoms with van der Waals surface area (Å²) in [6, 6.07) is 6.10. The lowest BCUT2D eigenvalue weighted by Crippen LogP contribution is -2.28. The van der Waals surface area contributed by atoms with Crippen LogP contribution in [-0.4, -0.2) is 0 Å². The van der Waals surface area contributed by atoms with Crippen molar-refractivity contribution in [3.05, 3.63) is 47.0 Å². The fourth-order valence-electron chi connectivity index (χ4n) is 1.83. The molecule has 0 saturated heterocycles. The first-order valence-electron chi connectivity index (χ1n) is 5.52. The molecule has 3 heteroatoms. The largest absolute Gasteiger partial charge is 0.271 e. The van der Waals surface area contributed by atoms with Crippen molar-refractivity contribution in [3.8, 4) is 0 Å². The smallest absolute Gasteiger partial charge is 0.0462 e. The van der Waals surface area contributed by atoms with E-state index in [1.165, 1.54) is 11.1 Å². The highest BCUT2D eigenvalue weighted by atomic mass is 35.5. The van der Waals surface area contributed by atoms with E-state index in [0.29, 0.717) is 0 Å². The second kappa shape index (κ2) is 6.69. The first-order chi connectivity index (χ1) is 7.69. The van der Waals surface area contributed by atoms with Gasteiger partial charge in [-0.1, -0.05) is 23.7 Å². The van der Waals surface area contributed by atoms with Gasteiger partial charge in [0.25, 0.3) is 0 Å². The van der Waals surface area contributed by atoms with Crippen LogP contribution in [0.15, 0.2) is 30.9 Å². The minimum atomic E-state index is 0.192. The molecule has 1 rings (SSSR count). The molecule has 0 aliphatic carbocycles. The highest BCUT2D eigenvalue weighted by molar-refractivity contribution is 6.30. The van der Waals surface area contributed by atoms with Gasteiger partial charge in [-0.2, -0.15) is 0 Å². The standard InChI is InChI=1S/C13H19ClN2/c1-3-4-5-6-13(16-15)12-8-7-11(14)9-10(12)2/h3,7-9,13,16H,1,4-6,15H2,2H3. The van der Waals surface area contributed by atoms with Crippen molar-refractivity contribution < 1.29 is 0 Å². The summed E-state index contributed by atoms with van der Waals surface area (Å²) in [5.74, 6) is 5.59. The molecule has 0 saturated carbocycles. The maximum absolute atomic E-state index is 5.93. The zero-order valence-electron chi connectivity index (χ0n) is 9.67. The van der Waals surface area contributed by atoms with E-state index >= 15 is 0 Å². The number of unbranched alkanes of at least 4 members (excludes halogenated alkanes) is 1. The van der Waals surface area contributed by atoms with Crippen LogP contribution in [0.2, 0.25) is 5.02 Å². The summed E-state index contributed by atoms with van der Waals surface area (Å²) in [6.07, 6.45) is 5.04. The van der Waals surface area contributed by atoms with Crippen LogP contribution in [0.25, 0.3) is 0 Å². The van der Waals surface area contributed by atoms with Crippen molar-refractivity contribution in [2.45, 2.75) is 32.2 Å². The predicted octanol–water partition coefficient (Wildman–Crippen LogP) is 3.51. The molecule has 0 heterocycles. The van der Waals surface area contributed by atoms with Crippen molar-refractivity contribution in [1.29, 1.82) is 0 Å². The molecule has 1 aromatic carbocycles. The van der Waals surface area contributed by atoms with Crippen LogP contribution < -0.4 is 11.3 Å². The lowest BCUT2D eigenvalue weighted by Gasteiger charge is -2.18. The van der Waals surface area contributed by atoms with Crippen LogP contribution >= 0.6 is 11.6 Å². The summed E-state index contributed by atoms with van der Waals surface area (Å²) < 4.78 is 0. The number of nitrogens with two attached hydrogens (primary N) is 1. The van der Waals surface area contributed by atoms with Crippen molar-refractivity contribution in [3.63, 3.8) is 0 Å². The van der Waals surface area contributed by atoms with E-state index in [1.807, 2.05) is 24.3 Å². The Kier molecular flexibility index (Phi) is 5.53. The summed E-state index contributed by atoms with van der Waals surface area (Å²) in [5.41, 5.74) is 5.25. The number of benzene rings is 1. The van der Waals surface area contributed by atoms with Crippen molar-refractivity contribution in [2.24, 2.45) is 5.84 Å². The Labute approximate surface area is 102 Å². The SMILES string of the molecule is C=CCCCC(NN)c1ccc(Cl)cc1C. The molecule has 0 radical (unpaired) electrons. The summed E-state index contributed by atoms with van der Waals surface area (Å²) in [5, 5.41) is 0.767. The van der Waals surface area contributed by atoms with Gasteiger partial charge < -0.3 is 0 Å². The van der Waals surface area contributed by atoms with Gasteiger partial charge in [0, 0.05) is 11.1 Å². The third kappa shape index (κ3) is 3.63. The van der Waals surface area contributed by atoms with Crippen LogP contribution in [0.1, 0.15) is 36.4 Å². The Morgan fingerprint density at radius 2 is 2.31 bits per heavy atom. The Bertz CT molecular complexity index is 350. The zero-order valence-corrected chi connectivity index (χ0v) is 10.4. The first kappa shape index (κ1) is 13.2. The average molecular weight is 239 g/mol. The van der Waals surface area contributed by atoms with Crippen molar-refractivity contribution in [1.82, 2.24) is 5.43 Å². The molecule has 1 unspecified atom stereocenters. The third-order valence-corrected chi connectivity index (χ3v) is 2.94. The molecule has 0 aliphatic heterocycles. The molecule has 0 bridgehead atoms. The molecule has 0 amide bonds. The number of nitrogens with one attached hydrogen (secondary N) is 1. The molecule has 16 heavy (non-hydrogen) atoms. The second-order valence-electron chi connectivity index (χ2n) is 3.94. The minimum absolute atomic E-state index is 0.192. The molecule has 0 fully saturated rings. The van der Waals surface area contributed by atoms with Gasteiger partial charge in [0.2, 0.25) is 0 Å². The maximum atomic E-state index is 5.93. The van der Waals surface area contributed by atoms with Crippen LogP contribution in [-0.2, 0) is 0 Å². The fourth-order valence-corrected chi connectivity index (χ4v) is 2.05. The van der Waals surface area contributed by atoms with Gasteiger partial charge in [0.05, 0.1) is 0 Å². The van der Waals surface area contributed by atoms with Gasteiger partial charge >= 0.3 is 0 Å². The van der Waals surface area contributed by atoms with Gasteiger partial charge in [-0.05, 0) is 49.4 Å². The van der Waals surface area contributed by atoms with Crippen LogP contribution in [0.4, 0.5) is 0 Å². The van der Waals surface area contributed by atoms with Gasteiger partial charge in [-0.3, -0.25) is 11.3 Å². The van der Waals surface area contributed by atoms with E-state index in [1.54, 1.807) is 0 Å². The summed E-state index contributed by atoms with van der Waals surface area (Å²) in [7, 11) is 0. The molecule has 0 aliphatic rings. The van der Waals surface area contributed by atoms with E-state index in [4.69, 9.17) is 17.4 Å². The molecule has 0 spiro atoms. The van der Waals surface area contributed by atoms with Gasteiger partial charge in [-0.15, -0.1) is 6.58 Å². The van der Waals surface area contributed by atoms with E-state index < -0.39 is 0 Å². The van der Waals surface area contributed by atoms with Gasteiger partial charge in [0.15, 0.2) is 0 Å². The lowest BCUT2D eigenvalue weighted by atomic mass is 9.97. The topological polar surface area (TPSA) is 38.0 Å². The molecule has 0 aromatic heterocycles. The van der Waals surface area contributed by atoms with Gasteiger partial charge in [-0.25, -0.2) is 0 Å². The fraction of sp³-hybridized carbons (Fsp3) is 0.385. The van der Waals surface area contributed by atoms with Crippen LogP contribution in [0.5, 0.6) is 0 Å². The Morgan fingerprint density at radius 3 is 2.88 bits per heavy atom. The number of hydrogen-bond acceptors (Lipinski definition) is 2. The van der Waals surface area contributed by atoms with E-state index in [2.05, 4.69) is 18.9 Å². The molecular formula is C13H19ClN2. The average Bonchev–Trinajstić information content (AvgIpc) is 2.26. The van der Waals surface area contributed by atoms with Crippen molar-refractivity contribution >= 4 is 11.6 Å². The minimum Gasteiger partial charge on any atom is -0.271 e. The summed E-state index contributed by atoms with van der Waals surface area (Å²) in [6.45, 7) is 5.77. The second-order valence-corrected chi connectivity index (χ2v) is 4.38. The number of hydrazine groups is 1. The zero-order chi connectivity index (χ0) is 12.0. The molecular weight excluding hydrogens is 220 g/mol. The summed E-state index contributed by atoms with van der Waals surface area (Å²) >= 11 is 5.93. The van der Waals surface area contributed by atoms with Crippen LogP contribution in [0, 0.1) is 6.92 Å². The molecule has 88 valence electrons. The maximum Gasteiger partial charge on any atom is 0.0462 e. The summed E-state index contributed by atoms with van der Waals surface area (Å²) in [4.78, 5) is 0. The first-order valence-corrected chi connectivity index (χ1v) is 5.90. The molecule has 1 aromatic rings. The lowest BCUT2D eigenvalue weighted by molar-refractivity contribution is 0.499. The number of rotatable bonds is 6.